The molecule has 0 saturated carbocycles. The zero-order chi connectivity index (χ0) is 11.7. The van der Waals surface area contributed by atoms with Gasteiger partial charge in [0.2, 0.25) is 0 Å². The normalized spacial score (nSPS) is 18.1. The Morgan fingerprint density at radius 1 is 0.867 bits per heavy atom. The Hall–Kier alpha value is -0.460. The molecule has 0 unspecified atom stereocenters. The average molecular weight is 209 g/mol. The predicted octanol–water partition coefficient (Wildman–Crippen LogP) is 4.06. The molecule has 0 N–H and O–H groups in total. The summed E-state index contributed by atoms with van der Waals surface area (Å²) in [6, 6.07) is 0. The van der Waals surface area contributed by atoms with Crippen LogP contribution in [0.2, 0.25) is 0 Å². The summed E-state index contributed by atoms with van der Waals surface area (Å²) >= 11 is 0. The fourth-order valence-corrected chi connectivity index (χ4v) is 2.57. The van der Waals surface area contributed by atoms with Crippen molar-refractivity contribution >= 4 is 0 Å². The van der Waals surface area contributed by atoms with E-state index in [-0.39, 0.29) is 10.8 Å². The maximum atomic E-state index is 2.49. The van der Waals surface area contributed by atoms with Gasteiger partial charge in [0.15, 0.2) is 0 Å². The molecule has 1 saturated heterocycles. The van der Waals surface area contributed by atoms with Crippen LogP contribution >= 0.6 is 0 Å². The van der Waals surface area contributed by atoms with Crippen molar-refractivity contribution in [1.29, 1.82) is 0 Å². The van der Waals surface area contributed by atoms with Crippen molar-refractivity contribution in [3.8, 4) is 0 Å². The molecule has 0 aromatic heterocycles. The van der Waals surface area contributed by atoms with Gasteiger partial charge >= 0.3 is 0 Å². The molecule has 1 nitrogen and oxygen atoms in total. The number of likely N-dealkylation sites (tertiary alicyclic amines) is 1. The van der Waals surface area contributed by atoms with Crippen LogP contribution in [0.4, 0.5) is 0 Å². The fourth-order valence-electron chi connectivity index (χ4n) is 2.57. The van der Waals surface area contributed by atoms with Gasteiger partial charge in [0.25, 0.3) is 0 Å². The van der Waals surface area contributed by atoms with E-state index in [2.05, 4.69) is 52.6 Å². The van der Waals surface area contributed by atoms with E-state index in [4.69, 9.17) is 0 Å². The minimum Gasteiger partial charge on any atom is -0.377 e. The Bertz CT molecular complexity index is 215. The molecule has 1 rings (SSSR count). The predicted molar refractivity (Wildman–Crippen MR) is 67.8 cm³/mol. The topological polar surface area (TPSA) is 3.24 Å². The molecular formula is C14H27N. The molecule has 15 heavy (non-hydrogen) atoms. The molecule has 0 bridgehead atoms. The summed E-state index contributed by atoms with van der Waals surface area (Å²) in [6.07, 6.45) is 5.14. The quantitative estimate of drug-likeness (QED) is 0.629. The molecular weight excluding hydrogens is 182 g/mol. The molecule has 0 aliphatic carbocycles. The lowest BCUT2D eigenvalue weighted by Crippen LogP contribution is -2.26. The van der Waals surface area contributed by atoms with E-state index in [0.717, 1.165) is 0 Å². The molecule has 1 fully saturated rings. The summed E-state index contributed by atoms with van der Waals surface area (Å²) in [5.74, 6) is 0. The highest BCUT2D eigenvalue weighted by atomic mass is 15.1. The van der Waals surface area contributed by atoms with Crippen LogP contribution in [0, 0.1) is 10.8 Å². The van der Waals surface area contributed by atoms with Gasteiger partial charge in [0.1, 0.15) is 0 Å². The first-order valence-corrected chi connectivity index (χ1v) is 6.18. The van der Waals surface area contributed by atoms with Crippen molar-refractivity contribution in [2.24, 2.45) is 10.8 Å². The molecule has 88 valence electrons. The van der Waals surface area contributed by atoms with E-state index in [1.165, 1.54) is 25.9 Å². The summed E-state index contributed by atoms with van der Waals surface area (Å²) in [6.45, 7) is 16.4. The first kappa shape index (κ1) is 12.6. The maximum absolute atomic E-state index is 2.49. The number of hydrogen-bond acceptors (Lipinski definition) is 1. The van der Waals surface area contributed by atoms with Gasteiger partial charge in [-0.25, -0.2) is 0 Å². The second-order valence-electron chi connectivity index (χ2n) is 6.79. The lowest BCUT2D eigenvalue weighted by atomic mass is 9.72. The van der Waals surface area contributed by atoms with E-state index in [9.17, 15) is 0 Å². The second-order valence-corrected chi connectivity index (χ2v) is 6.79. The second kappa shape index (κ2) is 4.19. The van der Waals surface area contributed by atoms with Gasteiger partial charge in [-0.15, -0.1) is 0 Å². The number of rotatable bonds is 1. The van der Waals surface area contributed by atoms with Crippen LogP contribution in [0.15, 0.2) is 11.8 Å². The van der Waals surface area contributed by atoms with Gasteiger partial charge in [-0.05, 0) is 35.4 Å². The SMILES string of the molecule is CC(C)(C)C(=CN1CCCC1)C(C)(C)C. The van der Waals surface area contributed by atoms with Crippen LogP contribution in [0.1, 0.15) is 54.4 Å². The monoisotopic (exact) mass is 209 g/mol. The van der Waals surface area contributed by atoms with Crippen molar-refractivity contribution in [2.45, 2.75) is 54.4 Å². The van der Waals surface area contributed by atoms with E-state index >= 15 is 0 Å². The molecule has 1 heterocycles. The highest BCUT2D eigenvalue weighted by molar-refractivity contribution is 5.18. The Labute approximate surface area is 95.5 Å². The molecule has 0 aromatic rings. The number of hydrogen-bond donors (Lipinski definition) is 0. The lowest BCUT2D eigenvalue weighted by Gasteiger charge is -2.35. The number of allylic oxidation sites excluding steroid dienone is 1. The van der Waals surface area contributed by atoms with Crippen molar-refractivity contribution in [3.05, 3.63) is 11.8 Å². The summed E-state index contributed by atoms with van der Waals surface area (Å²) in [5.41, 5.74) is 2.12. The molecule has 0 spiro atoms. The van der Waals surface area contributed by atoms with Gasteiger partial charge in [-0.1, -0.05) is 41.5 Å². The molecule has 0 atom stereocenters. The largest absolute Gasteiger partial charge is 0.377 e. The van der Waals surface area contributed by atoms with Gasteiger partial charge in [-0.3, -0.25) is 0 Å². The van der Waals surface area contributed by atoms with E-state index in [0.29, 0.717) is 0 Å². The minimum absolute atomic E-state index is 0.279. The van der Waals surface area contributed by atoms with Crippen LogP contribution in [0.5, 0.6) is 0 Å². The molecule has 0 aromatic carbocycles. The molecule has 0 radical (unpaired) electrons. The summed E-state index contributed by atoms with van der Waals surface area (Å²) in [5, 5.41) is 0. The van der Waals surface area contributed by atoms with Crippen LogP contribution < -0.4 is 0 Å². The highest BCUT2D eigenvalue weighted by Gasteiger charge is 2.28. The zero-order valence-electron chi connectivity index (χ0n) is 11.4. The van der Waals surface area contributed by atoms with E-state index in [1.807, 2.05) is 0 Å². The lowest BCUT2D eigenvalue weighted by molar-refractivity contribution is 0.338. The van der Waals surface area contributed by atoms with Crippen molar-refractivity contribution in [1.82, 2.24) is 4.90 Å². The first-order valence-electron chi connectivity index (χ1n) is 6.18. The zero-order valence-corrected chi connectivity index (χ0v) is 11.4. The van der Waals surface area contributed by atoms with E-state index < -0.39 is 0 Å². The molecule has 1 aliphatic rings. The Balaban J connectivity index is 2.90. The van der Waals surface area contributed by atoms with Crippen molar-refractivity contribution in [3.63, 3.8) is 0 Å². The van der Waals surface area contributed by atoms with E-state index in [1.54, 1.807) is 5.57 Å². The van der Waals surface area contributed by atoms with Crippen molar-refractivity contribution in [2.75, 3.05) is 13.1 Å². The Kier molecular flexibility index (Phi) is 3.52. The van der Waals surface area contributed by atoms with Crippen LogP contribution in [-0.2, 0) is 0 Å². The summed E-state index contributed by atoms with van der Waals surface area (Å²) in [7, 11) is 0. The molecule has 1 aliphatic heterocycles. The van der Waals surface area contributed by atoms with Gasteiger partial charge in [-0.2, -0.15) is 0 Å². The minimum atomic E-state index is 0.279. The first-order chi connectivity index (χ1) is 6.71. The van der Waals surface area contributed by atoms with Gasteiger partial charge < -0.3 is 4.90 Å². The number of nitrogens with zero attached hydrogens (tertiary/aromatic N) is 1. The Morgan fingerprint density at radius 2 is 1.27 bits per heavy atom. The average Bonchev–Trinajstić information content (AvgIpc) is 2.46. The van der Waals surface area contributed by atoms with Gasteiger partial charge in [0.05, 0.1) is 0 Å². The summed E-state index contributed by atoms with van der Waals surface area (Å²) < 4.78 is 0. The standard InChI is InChI=1S/C14H27N/c1-13(2,3)12(14(4,5)6)11-15-9-7-8-10-15/h11H,7-10H2,1-6H3. The highest BCUT2D eigenvalue weighted by Crippen LogP contribution is 2.39. The summed E-state index contributed by atoms with van der Waals surface area (Å²) in [4.78, 5) is 2.49. The van der Waals surface area contributed by atoms with Crippen LogP contribution in [0.25, 0.3) is 0 Å². The van der Waals surface area contributed by atoms with Crippen molar-refractivity contribution < 1.29 is 0 Å². The smallest absolute Gasteiger partial charge is 0.0173 e. The third-order valence-corrected chi connectivity index (χ3v) is 3.07. The molecule has 1 heteroatoms. The fraction of sp³-hybridized carbons (Fsp3) is 0.857. The van der Waals surface area contributed by atoms with Crippen LogP contribution in [-0.4, -0.2) is 18.0 Å². The Morgan fingerprint density at radius 3 is 1.60 bits per heavy atom. The van der Waals surface area contributed by atoms with Gasteiger partial charge in [0, 0.05) is 13.1 Å². The third-order valence-electron chi connectivity index (χ3n) is 3.07. The van der Waals surface area contributed by atoms with Crippen LogP contribution in [0.3, 0.4) is 0 Å². The maximum Gasteiger partial charge on any atom is 0.0173 e. The molecule has 0 amide bonds. The third kappa shape index (κ3) is 3.55.